The zero-order valence-corrected chi connectivity index (χ0v) is 16.3. The van der Waals surface area contributed by atoms with Crippen molar-refractivity contribution in [2.24, 2.45) is 0 Å². The normalized spacial score (nSPS) is 10.4. The predicted molar refractivity (Wildman–Crippen MR) is 109 cm³/mol. The molecule has 0 saturated heterocycles. The van der Waals surface area contributed by atoms with Crippen LogP contribution in [0.15, 0.2) is 60.7 Å². The number of benzene rings is 3. The smallest absolute Gasteiger partial charge is 0.338 e. The van der Waals surface area contributed by atoms with Crippen molar-refractivity contribution in [3.05, 3.63) is 77.4 Å². The second-order valence-electron chi connectivity index (χ2n) is 6.61. The predicted octanol–water partition coefficient (Wildman–Crippen LogP) is 3.48. The second kappa shape index (κ2) is 9.01. The van der Waals surface area contributed by atoms with Crippen LogP contribution in [0.5, 0.6) is 5.75 Å². The van der Waals surface area contributed by atoms with Crippen molar-refractivity contribution in [2.45, 2.75) is 6.54 Å². The van der Waals surface area contributed by atoms with Crippen LogP contribution in [0, 0.1) is 0 Å². The average molecular weight is 391 g/mol. The van der Waals surface area contributed by atoms with E-state index >= 15 is 0 Å². The summed E-state index contributed by atoms with van der Waals surface area (Å²) in [6, 6.07) is 17.8. The molecule has 3 aromatic carbocycles. The SMILES string of the molecule is COc1ccc2cc(CN(C)C(=O)COC(=O)c3ccc(C=O)cc3)ccc2c1. The van der Waals surface area contributed by atoms with Crippen LogP contribution in [-0.4, -0.2) is 43.8 Å². The quantitative estimate of drug-likeness (QED) is 0.455. The van der Waals surface area contributed by atoms with E-state index in [2.05, 4.69) is 0 Å². The first-order valence-electron chi connectivity index (χ1n) is 9.03. The number of fused-ring (bicyclic) bond motifs is 1. The number of carbonyl (C=O) groups is 3. The maximum absolute atomic E-state index is 12.3. The molecule has 0 N–H and O–H groups in total. The molecule has 6 nitrogen and oxygen atoms in total. The zero-order valence-electron chi connectivity index (χ0n) is 16.3. The summed E-state index contributed by atoms with van der Waals surface area (Å²) in [6.07, 6.45) is 0.691. The third kappa shape index (κ3) is 4.99. The molecule has 0 aliphatic carbocycles. The van der Waals surface area contributed by atoms with Gasteiger partial charge in [0, 0.05) is 19.2 Å². The Morgan fingerprint density at radius 3 is 2.34 bits per heavy atom. The number of amides is 1. The lowest BCUT2D eigenvalue weighted by Gasteiger charge is -2.17. The summed E-state index contributed by atoms with van der Waals surface area (Å²) in [4.78, 5) is 36.5. The first-order chi connectivity index (χ1) is 14.0. The molecule has 0 saturated carbocycles. The molecule has 0 aromatic heterocycles. The lowest BCUT2D eigenvalue weighted by atomic mass is 10.1. The van der Waals surface area contributed by atoms with Crippen LogP contribution in [0.1, 0.15) is 26.3 Å². The fourth-order valence-electron chi connectivity index (χ4n) is 2.88. The topological polar surface area (TPSA) is 72.9 Å². The molecular weight excluding hydrogens is 370 g/mol. The summed E-state index contributed by atoms with van der Waals surface area (Å²) < 4.78 is 10.3. The molecule has 3 rings (SSSR count). The number of likely N-dealkylation sites (N-methyl/N-ethyl adjacent to an activating group) is 1. The van der Waals surface area contributed by atoms with Gasteiger partial charge in [0.2, 0.25) is 0 Å². The Labute approximate surface area is 168 Å². The lowest BCUT2D eigenvalue weighted by Crippen LogP contribution is -2.30. The summed E-state index contributed by atoms with van der Waals surface area (Å²) in [6.45, 7) is 0.0436. The first-order valence-corrected chi connectivity index (χ1v) is 9.03. The van der Waals surface area contributed by atoms with E-state index in [1.165, 1.54) is 29.2 Å². The van der Waals surface area contributed by atoms with E-state index < -0.39 is 5.97 Å². The number of methoxy groups -OCH3 is 1. The molecule has 148 valence electrons. The Balaban J connectivity index is 1.57. The van der Waals surface area contributed by atoms with Gasteiger partial charge >= 0.3 is 5.97 Å². The van der Waals surface area contributed by atoms with Gasteiger partial charge in [-0.25, -0.2) is 4.79 Å². The van der Waals surface area contributed by atoms with E-state index in [0.717, 1.165) is 22.1 Å². The summed E-state index contributed by atoms with van der Waals surface area (Å²) >= 11 is 0. The molecule has 6 heteroatoms. The zero-order chi connectivity index (χ0) is 20.8. The Bertz CT molecular complexity index is 1040. The number of aldehydes is 1. The number of nitrogens with zero attached hydrogens (tertiary/aromatic N) is 1. The number of hydrogen-bond acceptors (Lipinski definition) is 5. The van der Waals surface area contributed by atoms with Crippen molar-refractivity contribution < 1.29 is 23.9 Å². The number of esters is 1. The van der Waals surface area contributed by atoms with Crippen molar-refractivity contribution >= 4 is 28.9 Å². The van der Waals surface area contributed by atoms with E-state index in [0.29, 0.717) is 18.4 Å². The summed E-state index contributed by atoms with van der Waals surface area (Å²) in [5.41, 5.74) is 1.72. The highest BCUT2D eigenvalue weighted by Crippen LogP contribution is 2.22. The van der Waals surface area contributed by atoms with Crippen LogP contribution in [0.3, 0.4) is 0 Å². The van der Waals surface area contributed by atoms with Crippen LogP contribution in [0.25, 0.3) is 10.8 Å². The molecule has 0 bridgehead atoms. The van der Waals surface area contributed by atoms with Crippen molar-refractivity contribution in [2.75, 3.05) is 20.8 Å². The number of hydrogen-bond donors (Lipinski definition) is 0. The van der Waals surface area contributed by atoms with Crippen LogP contribution in [0.2, 0.25) is 0 Å². The van der Waals surface area contributed by atoms with Gasteiger partial charge in [-0.05, 0) is 46.7 Å². The molecule has 0 atom stereocenters. The van der Waals surface area contributed by atoms with Gasteiger partial charge in [0.1, 0.15) is 12.0 Å². The average Bonchev–Trinajstić information content (AvgIpc) is 2.76. The van der Waals surface area contributed by atoms with E-state index in [-0.39, 0.29) is 18.1 Å². The van der Waals surface area contributed by atoms with Crippen molar-refractivity contribution in [3.63, 3.8) is 0 Å². The monoisotopic (exact) mass is 391 g/mol. The third-order valence-corrected chi connectivity index (χ3v) is 4.57. The van der Waals surface area contributed by atoms with Crippen molar-refractivity contribution in [3.8, 4) is 5.75 Å². The minimum atomic E-state index is -0.608. The summed E-state index contributed by atoms with van der Waals surface area (Å²) in [5, 5.41) is 2.10. The minimum Gasteiger partial charge on any atom is -0.497 e. The third-order valence-electron chi connectivity index (χ3n) is 4.57. The molecule has 3 aromatic rings. The molecule has 29 heavy (non-hydrogen) atoms. The number of carbonyl (C=O) groups excluding carboxylic acids is 3. The van der Waals surface area contributed by atoms with E-state index in [1.807, 2.05) is 36.4 Å². The molecule has 0 heterocycles. The van der Waals surface area contributed by atoms with Gasteiger partial charge < -0.3 is 14.4 Å². The largest absolute Gasteiger partial charge is 0.497 e. The van der Waals surface area contributed by atoms with Crippen LogP contribution in [0.4, 0.5) is 0 Å². The lowest BCUT2D eigenvalue weighted by molar-refractivity contribution is -0.133. The highest BCUT2D eigenvalue weighted by Gasteiger charge is 2.14. The van der Waals surface area contributed by atoms with Gasteiger partial charge in [-0.15, -0.1) is 0 Å². The van der Waals surface area contributed by atoms with Crippen LogP contribution in [-0.2, 0) is 16.1 Å². The number of ether oxygens (including phenoxy) is 2. The van der Waals surface area contributed by atoms with Crippen molar-refractivity contribution in [1.29, 1.82) is 0 Å². The van der Waals surface area contributed by atoms with Gasteiger partial charge in [-0.2, -0.15) is 0 Å². The minimum absolute atomic E-state index is 0.288. The standard InChI is InChI=1S/C23H21NO5/c1-24(13-17-5-8-20-12-21(28-2)10-9-19(20)11-17)22(26)15-29-23(27)18-6-3-16(14-25)4-7-18/h3-12,14H,13,15H2,1-2H3. The Morgan fingerprint density at radius 2 is 1.66 bits per heavy atom. The highest BCUT2D eigenvalue weighted by atomic mass is 16.5. The molecule has 0 aliphatic heterocycles. The maximum Gasteiger partial charge on any atom is 0.338 e. The Kier molecular flexibility index (Phi) is 6.24. The fraction of sp³-hybridized carbons (Fsp3) is 0.174. The molecule has 1 amide bonds. The van der Waals surface area contributed by atoms with Crippen molar-refractivity contribution in [1.82, 2.24) is 4.90 Å². The van der Waals surface area contributed by atoms with E-state index in [1.54, 1.807) is 14.2 Å². The van der Waals surface area contributed by atoms with Gasteiger partial charge in [-0.3, -0.25) is 9.59 Å². The van der Waals surface area contributed by atoms with Gasteiger partial charge in [0.15, 0.2) is 6.61 Å². The fourth-order valence-corrected chi connectivity index (χ4v) is 2.88. The summed E-state index contributed by atoms with van der Waals surface area (Å²) in [5.74, 6) is -0.123. The second-order valence-corrected chi connectivity index (χ2v) is 6.61. The maximum atomic E-state index is 12.3. The molecule has 0 radical (unpaired) electrons. The summed E-state index contributed by atoms with van der Waals surface area (Å²) in [7, 11) is 3.29. The van der Waals surface area contributed by atoms with Gasteiger partial charge in [0.25, 0.3) is 5.91 Å². The van der Waals surface area contributed by atoms with Gasteiger partial charge in [-0.1, -0.05) is 30.3 Å². The van der Waals surface area contributed by atoms with Crippen LogP contribution >= 0.6 is 0 Å². The van der Waals surface area contributed by atoms with Gasteiger partial charge in [0.05, 0.1) is 12.7 Å². The molecule has 0 aliphatic rings. The molecule has 0 spiro atoms. The van der Waals surface area contributed by atoms with E-state index in [9.17, 15) is 14.4 Å². The molecular formula is C23H21NO5. The molecule has 0 fully saturated rings. The first kappa shape index (κ1) is 20.1. The molecule has 0 unspecified atom stereocenters. The highest BCUT2D eigenvalue weighted by molar-refractivity contribution is 5.92. The Hall–Kier alpha value is -3.67. The number of rotatable bonds is 7. The van der Waals surface area contributed by atoms with E-state index in [4.69, 9.17) is 9.47 Å². The Morgan fingerprint density at radius 1 is 0.966 bits per heavy atom. The van der Waals surface area contributed by atoms with Crippen LogP contribution < -0.4 is 4.74 Å².